The fraction of sp³-hybridized carbons (Fsp3) is 0.696. The zero-order valence-corrected chi connectivity index (χ0v) is 19.5. The molecule has 9 heteroatoms. The minimum absolute atomic E-state index is 0. The Morgan fingerprint density at radius 2 is 1.91 bits per heavy atom. The Morgan fingerprint density at radius 1 is 1.25 bits per heavy atom. The van der Waals surface area contributed by atoms with Gasteiger partial charge in [0.2, 0.25) is 5.91 Å². The van der Waals surface area contributed by atoms with E-state index < -0.39 is 36.1 Å². The van der Waals surface area contributed by atoms with E-state index in [9.17, 15) is 18.7 Å². The minimum Gasteiger partial charge on any atom is -0.389 e. The second-order valence-corrected chi connectivity index (χ2v) is 8.88. The molecular formula is C23H35ClF2N2O4. The Balaban J connectivity index is 0.00000363. The van der Waals surface area contributed by atoms with Gasteiger partial charge in [0.25, 0.3) is 0 Å². The van der Waals surface area contributed by atoms with Crippen LogP contribution in [0, 0.1) is 17.6 Å². The van der Waals surface area contributed by atoms with Gasteiger partial charge in [0.05, 0.1) is 37.4 Å². The highest BCUT2D eigenvalue weighted by atomic mass is 35.5. The number of rotatable bonds is 8. The van der Waals surface area contributed by atoms with Crippen molar-refractivity contribution in [3.8, 4) is 0 Å². The first kappa shape index (κ1) is 26.9. The molecule has 32 heavy (non-hydrogen) atoms. The molecule has 1 aromatic rings. The van der Waals surface area contributed by atoms with E-state index in [0.717, 1.165) is 6.07 Å². The predicted molar refractivity (Wildman–Crippen MR) is 120 cm³/mol. The molecule has 1 aromatic carbocycles. The van der Waals surface area contributed by atoms with Crippen LogP contribution in [0.1, 0.15) is 51.5 Å². The van der Waals surface area contributed by atoms with Crippen molar-refractivity contribution >= 4 is 18.3 Å². The Hall–Kier alpha value is -1.32. The van der Waals surface area contributed by atoms with Gasteiger partial charge < -0.3 is 25.2 Å². The van der Waals surface area contributed by atoms with Crippen molar-refractivity contribution in [2.45, 2.75) is 82.9 Å². The van der Waals surface area contributed by atoms with Crippen LogP contribution in [-0.2, 0) is 20.7 Å². The predicted octanol–water partition coefficient (Wildman–Crippen LogP) is 3.09. The number of ether oxygens (including phenoxy) is 2. The van der Waals surface area contributed by atoms with Crippen LogP contribution in [0.4, 0.5) is 8.78 Å². The zero-order valence-electron chi connectivity index (χ0n) is 18.7. The smallest absolute Gasteiger partial charge is 0.217 e. The van der Waals surface area contributed by atoms with Crippen LogP contribution in [-0.4, -0.2) is 54.7 Å². The van der Waals surface area contributed by atoms with Crippen LogP contribution in [0.25, 0.3) is 0 Å². The number of morpholine rings is 1. The number of nitrogens with one attached hydrogen (secondary N) is 2. The maximum Gasteiger partial charge on any atom is 0.217 e. The van der Waals surface area contributed by atoms with Crippen molar-refractivity contribution in [3.05, 3.63) is 35.4 Å². The summed E-state index contributed by atoms with van der Waals surface area (Å²) in [5.41, 5.74) is 0.355. The first-order chi connectivity index (χ1) is 14.8. The first-order valence-corrected chi connectivity index (χ1v) is 11.2. The van der Waals surface area contributed by atoms with Crippen LogP contribution >= 0.6 is 12.4 Å². The molecule has 0 aromatic heterocycles. The average Bonchev–Trinajstić information content (AvgIpc) is 2.71. The fourth-order valence-electron chi connectivity index (χ4n) is 4.56. The number of aliphatic hydroxyl groups excluding tert-OH is 1. The number of carbonyl (C=O) groups is 1. The summed E-state index contributed by atoms with van der Waals surface area (Å²) in [5.74, 6) is -1.16. The summed E-state index contributed by atoms with van der Waals surface area (Å²) in [6.07, 6.45) is 4.85. The van der Waals surface area contributed by atoms with E-state index in [-0.39, 0.29) is 37.4 Å². The monoisotopic (exact) mass is 476 g/mol. The van der Waals surface area contributed by atoms with Gasteiger partial charge in [-0.1, -0.05) is 19.3 Å². The van der Waals surface area contributed by atoms with E-state index in [4.69, 9.17) is 9.47 Å². The molecule has 1 aliphatic carbocycles. The number of benzene rings is 1. The molecule has 1 heterocycles. The Kier molecular flexibility index (Phi) is 10.8. The normalized spacial score (nSPS) is 26.1. The van der Waals surface area contributed by atoms with Crippen molar-refractivity contribution in [2.24, 2.45) is 5.92 Å². The molecule has 0 unspecified atom stereocenters. The molecule has 2 aliphatic rings. The molecule has 2 fully saturated rings. The molecule has 5 atom stereocenters. The van der Waals surface area contributed by atoms with Crippen LogP contribution in [0.2, 0.25) is 0 Å². The van der Waals surface area contributed by atoms with E-state index in [1.54, 1.807) is 0 Å². The van der Waals surface area contributed by atoms with Gasteiger partial charge in [0, 0.05) is 13.0 Å². The maximum absolute atomic E-state index is 13.6. The molecule has 1 amide bonds. The van der Waals surface area contributed by atoms with Gasteiger partial charge in [-0.2, -0.15) is 0 Å². The highest BCUT2D eigenvalue weighted by Gasteiger charge is 2.36. The van der Waals surface area contributed by atoms with Crippen LogP contribution in [0.15, 0.2) is 18.2 Å². The lowest BCUT2D eigenvalue weighted by atomic mass is 9.90. The molecule has 3 rings (SSSR count). The van der Waals surface area contributed by atoms with Gasteiger partial charge in [0.15, 0.2) is 6.29 Å². The molecule has 0 bridgehead atoms. The van der Waals surface area contributed by atoms with Crippen molar-refractivity contribution in [2.75, 3.05) is 13.2 Å². The summed E-state index contributed by atoms with van der Waals surface area (Å²) >= 11 is 0. The Morgan fingerprint density at radius 3 is 2.50 bits per heavy atom. The van der Waals surface area contributed by atoms with E-state index >= 15 is 0 Å². The largest absolute Gasteiger partial charge is 0.389 e. The van der Waals surface area contributed by atoms with Crippen molar-refractivity contribution < 1.29 is 28.2 Å². The lowest BCUT2D eigenvalue weighted by Crippen LogP contribution is -2.62. The highest BCUT2D eigenvalue weighted by molar-refractivity contribution is 5.85. The second-order valence-electron chi connectivity index (χ2n) is 8.88. The van der Waals surface area contributed by atoms with Gasteiger partial charge in [-0.15, -0.1) is 12.4 Å². The van der Waals surface area contributed by atoms with Gasteiger partial charge in [-0.3, -0.25) is 4.79 Å². The summed E-state index contributed by atoms with van der Waals surface area (Å²) in [6, 6.07) is 1.85. The molecule has 0 spiro atoms. The Bertz CT molecular complexity index is 716. The Labute approximate surface area is 194 Å². The number of hydrogen-bond donors (Lipinski definition) is 3. The number of carbonyl (C=O) groups excluding carboxylic acids is 1. The van der Waals surface area contributed by atoms with Crippen LogP contribution < -0.4 is 10.6 Å². The average molecular weight is 477 g/mol. The van der Waals surface area contributed by atoms with Crippen LogP contribution in [0.3, 0.4) is 0 Å². The summed E-state index contributed by atoms with van der Waals surface area (Å²) in [4.78, 5) is 11.7. The van der Waals surface area contributed by atoms with E-state index in [1.165, 1.54) is 51.2 Å². The molecule has 1 aliphatic heterocycles. The zero-order chi connectivity index (χ0) is 22.4. The molecule has 3 N–H and O–H groups in total. The summed E-state index contributed by atoms with van der Waals surface area (Å²) in [5, 5.41) is 16.9. The van der Waals surface area contributed by atoms with E-state index in [0.29, 0.717) is 18.1 Å². The molecule has 0 radical (unpaired) electrons. The lowest BCUT2D eigenvalue weighted by Gasteiger charge is -2.40. The third-order valence-electron chi connectivity index (χ3n) is 6.14. The van der Waals surface area contributed by atoms with Gasteiger partial charge >= 0.3 is 0 Å². The fourth-order valence-corrected chi connectivity index (χ4v) is 4.56. The summed E-state index contributed by atoms with van der Waals surface area (Å²) in [6.45, 7) is 4.15. The second kappa shape index (κ2) is 12.8. The topological polar surface area (TPSA) is 79.8 Å². The summed E-state index contributed by atoms with van der Waals surface area (Å²) in [7, 11) is 0. The first-order valence-electron chi connectivity index (χ1n) is 11.2. The van der Waals surface area contributed by atoms with E-state index in [2.05, 4.69) is 10.6 Å². The van der Waals surface area contributed by atoms with Crippen LogP contribution in [0.5, 0.6) is 0 Å². The number of hydrogen-bond acceptors (Lipinski definition) is 5. The minimum atomic E-state index is -1.02. The maximum atomic E-state index is 13.6. The number of halogens is 3. The van der Waals surface area contributed by atoms with Gasteiger partial charge in [0.1, 0.15) is 11.6 Å². The lowest BCUT2D eigenvalue weighted by molar-refractivity contribution is -0.197. The highest BCUT2D eigenvalue weighted by Crippen LogP contribution is 2.25. The molecular weight excluding hydrogens is 442 g/mol. The molecule has 1 saturated heterocycles. The van der Waals surface area contributed by atoms with Crippen molar-refractivity contribution in [1.29, 1.82) is 0 Å². The summed E-state index contributed by atoms with van der Waals surface area (Å²) < 4.78 is 39.0. The quantitative estimate of drug-likeness (QED) is 0.537. The standard InChI is InChI=1S/C23H34F2N2O4.ClH/c1-14-23(30-12-16-6-4-3-5-7-16)31-13-21(26-14)22(29)20(27-15(2)28)10-17-8-18(24)11-19(25)9-17;/h8-9,11,14,16,20-23,26,29H,3-7,10,12-13H2,1-2H3,(H,27,28);1H/t14-,20-,21+,22-,23+;/m0./s1. The third-order valence-corrected chi connectivity index (χ3v) is 6.14. The molecule has 6 nitrogen and oxygen atoms in total. The third kappa shape index (κ3) is 7.92. The van der Waals surface area contributed by atoms with Crippen molar-refractivity contribution in [3.63, 3.8) is 0 Å². The number of aliphatic hydroxyl groups is 1. The van der Waals surface area contributed by atoms with Gasteiger partial charge in [-0.05, 0) is 49.8 Å². The molecule has 1 saturated carbocycles. The molecule has 182 valence electrons. The van der Waals surface area contributed by atoms with Crippen molar-refractivity contribution in [1.82, 2.24) is 10.6 Å². The number of amides is 1. The van der Waals surface area contributed by atoms with Gasteiger partial charge in [-0.25, -0.2) is 8.78 Å². The van der Waals surface area contributed by atoms with E-state index in [1.807, 2.05) is 6.92 Å². The SMILES string of the molecule is CC(=O)N[C@@H](Cc1cc(F)cc(F)c1)[C@H](O)[C@H]1CO[C@@H](OCC2CCCCC2)[C@H](C)N1.Cl.